The van der Waals surface area contributed by atoms with Gasteiger partial charge in [0.15, 0.2) is 0 Å². The molecule has 0 aliphatic carbocycles. The molecule has 1 aliphatic heterocycles. The number of hydrogen-bond acceptors (Lipinski definition) is 5. The summed E-state index contributed by atoms with van der Waals surface area (Å²) in [5.74, 6) is -0.309. The van der Waals surface area contributed by atoms with Crippen molar-refractivity contribution in [2.45, 2.75) is 43.5 Å². The first kappa shape index (κ1) is 24.3. The number of benzene rings is 2. The van der Waals surface area contributed by atoms with Crippen molar-refractivity contribution in [2.75, 3.05) is 30.3 Å². The maximum absolute atomic E-state index is 12.9. The monoisotopic (exact) mass is 475 g/mol. The highest BCUT2D eigenvalue weighted by Crippen LogP contribution is 2.37. The normalized spacial score (nSPS) is 13.9. The topological polar surface area (TPSA) is 86.8 Å². The van der Waals surface area contributed by atoms with E-state index in [1.165, 1.54) is 32.6 Å². The highest BCUT2D eigenvalue weighted by molar-refractivity contribution is 8.00. The number of fused-ring (bicyclic) bond motifs is 1. The summed E-state index contributed by atoms with van der Waals surface area (Å²) in [5.41, 5.74) is 2.66. The summed E-state index contributed by atoms with van der Waals surface area (Å²) in [6, 6.07) is 12.8. The Balaban J connectivity index is 1.77. The predicted molar refractivity (Wildman–Crippen MR) is 127 cm³/mol. The summed E-state index contributed by atoms with van der Waals surface area (Å²) < 4.78 is 27.2. The molecule has 0 aromatic heterocycles. The Kier molecular flexibility index (Phi) is 7.97. The number of rotatable bonds is 9. The lowest BCUT2D eigenvalue weighted by atomic mass is 10.1. The van der Waals surface area contributed by atoms with Gasteiger partial charge in [-0.15, -0.1) is 11.8 Å². The lowest BCUT2D eigenvalue weighted by Gasteiger charge is -2.29. The molecule has 1 N–H and O–H groups in total. The number of sulfonamides is 1. The van der Waals surface area contributed by atoms with Crippen LogP contribution in [0.5, 0.6) is 0 Å². The Hall–Kier alpha value is -2.36. The van der Waals surface area contributed by atoms with E-state index in [0.717, 1.165) is 16.9 Å². The molecule has 3 rings (SSSR count). The van der Waals surface area contributed by atoms with Crippen LogP contribution in [0.4, 0.5) is 5.69 Å². The van der Waals surface area contributed by atoms with Crippen LogP contribution < -0.4 is 10.2 Å². The molecular formula is C23H29N3O4S2. The molecule has 0 saturated carbocycles. The first-order chi connectivity index (χ1) is 15.3. The molecule has 9 heteroatoms. The maximum Gasteiger partial charge on any atom is 0.243 e. The molecule has 0 saturated heterocycles. The molecule has 0 fully saturated rings. The van der Waals surface area contributed by atoms with E-state index >= 15 is 0 Å². The zero-order valence-electron chi connectivity index (χ0n) is 18.6. The van der Waals surface area contributed by atoms with Gasteiger partial charge in [0.1, 0.15) is 6.54 Å². The van der Waals surface area contributed by atoms with Crippen molar-refractivity contribution in [1.29, 1.82) is 0 Å². The second kappa shape index (κ2) is 10.5. The summed E-state index contributed by atoms with van der Waals surface area (Å²) in [4.78, 5) is 27.5. The molecule has 2 aromatic rings. The Morgan fingerprint density at radius 3 is 2.34 bits per heavy atom. The first-order valence-electron chi connectivity index (χ1n) is 10.7. The number of thioether (sulfide) groups is 1. The van der Waals surface area contributed by atoms with E-state index < -0.39 is 10.0 Å². The summed E-state index contributed by atoms with van der Waals surface area (Å²) >= 11 is 1.35. The van der Waals surface area contributed by atoms with Gasteiger partial charge in [0.2, 0.25) is 21.8 Å². The molecular weight excluding hydrogens is 446 g/mol. The third kappa shape index (κ3) is 5.33. The number of carbonyl (C=O) groups excluding carboxylic acids is 2. The van der Waals surface area contributed by atoms with Crippen molar-refractivity contribution >= 4 is 39.3 Å². The standard InChI is InChI=1S/C23H29N3O4S2/c1-4-17-7-9-18(10-8-17)14-24-22(27)15-26-20-13-19(32(29,30)25(5-2)6-3)11-12-21(20)31-16-23(26)28/h7-13H,4-6,14-16H2,1-3H3,(H,24,27). The van der Waals surface area contributed by atoms with Crippen molar-refractivity contribution in [3.05, 3.63) is 53.6 Å². The van der Waals surface area contributed by atoms with Crippen LogP contribution >= 0.6 is 11.8 Å². The van der Waals surface area contributed by atoms with Crippen molar-refractivity contribution in [3.63, 3.8) is 0 Å². The van der Waals surface area contributed by atoms with Crippen LogP contribution in [0, 0.1) is 0 Å². The molecule has 0 bridgehead atoms. The van der Waals surface area contributed by atoms with E-state index in [-0.39, 0.29) is 29.0 Å². The molecule has 7 nitrogen and oxygen atoms in total. The largest absolute Gasteiger partial charge is 0.350 e. The number of carbonyl (C=O) groups is 2. The van der Waals surface area contributed by atoms with Gasteiger partial charge in [-0.1, -0.05) is 45.0 Å². The zero-order valence-corrected chi connectivity index (χ0v) is 20.3. The van der Waals surface area contributed by atoms with Crippen molar-refractivity contribution in [2.24, 2.45) is 0 Å². The minimum Gasteiger partial charge on any atom is -0.350 e. The number of amides is 2. The van der Waals surface area contributed by atoms with Crippen molar-refractivity contribution in [3.8, 4) is 0 Å². The number of nitrogens with zero attached hydrogens (tertiary/aromatic N) is 2. The summed E-state index contributed by atoms with van der Waals surface area (Å²) in [6.07, 6.45) is 0.951. The Morgan fingerprint density at radius 1 is 1.06 bits per heavy atom. The average Bonchev–Trinajstić information content (AvgIpc) is 2.80. The molecule has 0 radical (unpaired) electrons. The maximum atomic E-state index is 12.9. The van der Waals surface area contributed by atoms with Gasteiger partial charge in [0.25, 0.3) is 0 Å². The number of nitrogens with one attached hydrogen (secondary N) is 1. The molecule has 1 aliphatic rings. The van der Waals surface area contributed by atoms with E-state index in [2.05, 4.69) is 12.2 Å². The molecule has 32 heavy (non-hydrogen) atoms. The minimum absolute atomic E-state index is 0.122. The van der Waals surface area contributed by atoms with Gasteiger partial charge in [0, 0.05) is 24.5 Å². The predicted octanol–water partition coefficient (Wildman–Crippen LogP) is 3.03. The van der Waals surface area contributed by atoms with Gasteiger partial charge < -0.3 is 10.2 Å². The van der Waals surface area contributed by atoms with Crippen LogP contribution in [-0.4, -0.2) is 49.9 Å². The summed E-state index contributed by atoms with van der Waals surface area (Å²) in [5, 5.41) is 2.85. The Bertz CT molecular complexity index is 1080. The van der Waals surface area contributed by atoms with Crippen LogP contribution in [0.1, 0.15) is 31.9 Å². The highest BCUT2D eigenvalue weighted by Gasteiger charge is 2.30. The fraction of sp³-hybridized carbons (Fsp3) is 0.391. The zero-order chi connectivity index (χ0) is 23.3. The third-order valence-electron chi connectivity index (χ3n) is 5.44. The fourth-order valence-corrected chi connectivity index (χ4v) is 5.92. The van der Waals surface area contributed by atoms with Gasteiger partial charge >= 0.3 is 0 Å². The van der Waals surface area contributed by atoms with E-state index in [0.29, 0.717) is 25.3 Å². The molecule has 0 spiro atoms. The van der Waals surface area contributed by atoms with Crippen LogP contribution in [-0.2, 0) is 32.6 Å². The van der Waals surface area contributed by atoms with Gasteiger partial charge in [0.05, 0.1) is 16.3 Å². The minimum atomic E-state index is -3.67. The van der Waals surface area contributed by atoms with Gasteiger partial charge in [-0.25, -0.2) is 8.42 Å². The van der Waals surface area contributed by atoms with Crippen molar-refractivity contribution < 1.29 is 18.0 Å². The van der Waals surface area contributed by atoms with Gasteiger partial charge in [-0.2, -0.15) is 4.31 Å². The number of aryl methyl sites for hydroxylation is 1. The number of hydrogen-bond donors (Lipinski definition) is 1. The first-order valence-corrected chi connectivity index (χ1v) is 13.1. The van der Waals surface area contributed by atoms with Gasteiger partial charge in [-0.3, -0.25) is 9.59 Å². The average molecular weight is 476 g/mol. The van der Waals surface area contributed by atoms with Crippen LogP contribution in [0.15, 0.2) is 52.3 Å². The quantitative estimate of drug-likeness (QED) is 0.602. The molecule has 0 unspecified atom stereocenters. The smallest absolute Gasteiger partial charge is 0.243 e. The van der Waals surface area contributed by atoms with E-state index in [1.54, 1.807) is 26.0 Å². The second-order valence-electron chi connectivity index (χ2n) is 7.43. The molecule has 1 heterocycles. The summed E-state index contributed by atoms with van der Waals surface area (Å²) in [7, 11) is -3.67. The molecule has 2 amide bonds. The molecule has 2 aromatic carbocycles. The van der Waals surface area contributed by atoms with Crippen LogP contribution in [0.2, 0.25) is 0 Å². The van der Waals surface area contributed by atoms with Crippen LogP contribution in [0.3, 0.4) is 0 Å². The number of anilines is 1. The van der Waals surface area contributed by atoms with E-state index in [9.17, 15) is 18.0 Å². The Morgan fingerprint density at radius 2 is 1.72 bits per heavy atom. The van der Waals surface area contributed by atoms with Crippen molar-refractivity contribution in [1.82, 2.24) is 9.62 Å². The highest BCUT2D eigenvalue weighted by atomic mass is 32.2. The van der Waals surface area contributed by atoms with E-state index in [1.807, 2.05) is 24.3 Å². The molecule has 172 valence electrons. The Labute approximate surface area is 194 Å². The molecule has 0 atom stereocenters. The van der Waals surface area contributed by atoms with Crippen LogP contribution in [0.25, 0.3) is 0 Å². The lowest BCUT2D eigenvalue weighted by molar-refractivity contribution is -0.123. The third-order valence-corrected chi connectivity index (χ3v) is 8.53. The van der Waals surface area contributed by atoms with Gasteiger partial charge in [-0.05, 0) is 35.7 Å². The fourth-order valence-electron chi connectivity index (χ4n) is 3.52. The summed E-state index contributed by atoms with van der Waals surface area (Å²) in [6.45, 7) is 6.57. The second-order valence-corrected chi connectivity index (χ2v) is 10.4. The SMILES string of the molecule is CCc1ccc(CNC(=O)CN2C(=O)CSc3ccc(S(=O)(=O)N(CC)CC)cc32)cc1. The van der Waals surface area contributed by atoms with E-state index in [4.69, 9.17) is 0 Å². The lowest BCUT2D eigenvalue weighted by Crippen LogP contribution is -2.43.